The summed E-state index contributed by atoms with van der Waals surface area (Å²) in [4.78, 5) is 0. The molecule has 1 atom stereocenters. The van der Waals surface area contributed by atoms with Crippen molar-refractivity contribution in [2.75, 3.05) is 13.2 Å². The monoisotopic (exact) mass is 218 g/mol. The Kier molecular flexibility index (Phi) is 1.02. The van der Waals surface area contributed by atoms with Crippen LogP contribution < -0.4 is 14.8 Å². The van der Waals surface area contributed by atoms with Gasteiger partial charge < -0.3 is 14.8 Å². The molecule has 15 heavy (non-hydrogen) atoms. The molecule has 2 rings (SSSR count). The summed E-state index contributed by atoms with van der Waals surface area (Å²) in [5.74, 6) is -0.785. The van der Waals surface area contributed by atoms with Crippen molar-refractivity contribution in [1.29, 1.82) is 0 Å². The van der Waals surface area contributed by atoms with Crippen LogP contribution in [0.5, 0.6) is 11.5 Å². The van der Waals surface area contributed by atoms with Crippen LogP contribution in [-0.4, -0.2) is 19.3 Å². The number of fused-ring (bicyclic) bond motifs is 1. The Morgan fingerprint density at radius 1 is 1.73 bits per heavy atom. The van der Waals surface area contributed by atoms with E-state index in [0.717, 1.165) is 0 Å². The predicted octanol–water partition coefficient (Wildman–Crippen LogP) is 1.96. The Labute approximate surface area is 106 Å². The Hall–Kier alpha value is -1.22. The molecule has 82 valence electrons. The molecule has 0 saturated heterocycles. The lowest BCUT2D eigenvalue weighted by Gasteiger charge is -2.12. The molecule has 1 N–H and O–H groups in total. The first-order valence-electron chi connectivity index (χ1n) is 9.77. The molecule has 0 spiro atoms. The molecule has 0 aromatic heterocycles. The zero-order valence-corrected chi connectivity index (χ0v) is 8.02. The minimum absolute atomic E-state index is 0.193. The summed E-state index contributed by atoms with van der Waals surface area (Å²) in [5, 5.41) is 2.04. The van der Waals surface area contributed by atoms with Gasteiger partial charge in [0.2, 0.25) is 6.75 Å². The average molecular weight is 218 g/mol. The van der Waals surface area contributed by atoms with E-state index in [9.17, 15) is 0 Å². The lowest BCUT2D eigenvalue weighted by molar-refractivity contribution is 0.174. The van der Waals surface area contributed by atoms with Crippen LogP contribution in [0.4, 0.5) is 0 Å². The summed E-state index contributed by atoms with van der Waals surface area (Å²) >= 11 is 0. The van der Waals surface area contributed by atoms with Crippen LogP contribution in [0, 0.1) is 0 Å². The number of benzene rings is 1. The van der Waals surface area contributed by atoms with Crippen molar-refractivity contribution in [3.8, 4) is 11.5 Å². The van der Waals surface area contributed by atoms with Crippen molar-refractivity contribution in [3.05, 3.63) is 23.7 Å². The number of hydrogen-bond acceptors (Lipinski definition) is 3. The third-order valence-corrected chi connectivity index (χ3v) is 1.80. The highest BCUT2D eigenvalue weighted by molar-refractivity contribution is 5.44. The van der Waals surface area contributed by atoms with Gasteiger partial charge in [-0.2, -0.15) is 0 Å². The summed E-state index contributed by atoms with van der Waals surface area (Å²) in [6, 6.07) is -3.47. The Bertz CT molecular complexity index is 729. The summed E-state index contributed by atoms with van der Waals surface area (Å²) in [6.45, 7) is -7.37. The molecular formula is C12H17NO2. The molecule has 0 amide bonds. The van der Waals surface area contributed by atoms with E-state index in [1.807, 2.05) is 5.32 Å². The third kappa shape index (κ3) is 2.42. The molecule has 1 aromatic rings. The highest BCUT2D eigenvalue weighted by Gasteiger charge is 2.13. The van der Waals surface area contributed by atoms with Gasteiger partial charge in [-0.1, -0.05) is 12.9 Å². The Balaban J connectivity index is 2.41. The zero-order valence-electron chi connectivity index (χ0n) is 19.0. The van der Waals surface area contributed by atoms with Crippen molar-refractivity contribution in [2.45, 2.75) is 26.2 Å². The lowest BCUT2D eigenvalue weighted by atomic mass is 10.1. The van der Waals surface area contributed by atoms with Gasteiger partial charge in [-0.05, 0) is 37.5 Å². The van der Waals surface area contributed by atoms with Crippen LogP contribution in [0.3, 0.4) is 0 Å². The van der Waals surface area contributed by atoms with E-state index >= 15 is 0 Å². The van der Waals surface area contributed by atoms with E-state index in [-0.39, 0.29) is 11.3 Å². The standard InChI is InChI=1S/C12H17NO2/c1-3-13-9(2)6-10-4-5-11-12(7-10)15-8-14-11/h4-5,7,9,13H,3,6,8H2,1-2H3/t9-/m1/s1/i1D3,3D2,4D,5D,7D,8D2,9D. The first-order valence-corrected chi connectivity index (χ1v) is 4.27. The second kappa shape index (κ2) is 4.53. The highest BCUT2D eigenvalue weighted by atomic mass is 16.7. The van der Waals surface area contributed by atoms with Crippen LogP contribution in [0.1, 0.15) is 34.4 Å². The number of ether oxygens (including phenoxy) is 2. The van der Waals surface area contributed by atoms with Gasteiger partial charge >= 0.3 is 0 Å². The first-order chi connectivity index (χ1) is 11.5. The number of likely N-dealkylation sites (N-methyl/N-ethyl adjacent to an activating group) is 1. The normalized spacial score (nSPS) is 33.3. The van der Waals surface area contributed by atoms with E-state index in [1.165, 1.54) is 6.92 Å². The van der Waals surface area contributed by atoms with E-state index < -0.39 is 56.4 Å². The second-order valence-electron chi connectivity index (χ2n) is 3.01. The maximum Gasteiger partial charge on any atom is 0.231 e. The molecular weight excluding hydrogens is 190 g/mol. The molecule has 3 nitrogen and oxygen atoms in total. The molecule has 1 aromatic carbocycles. The van der Waals surface area contributed by atoms with Crippen molar-refractivity contribution >= 4 is 0 Å². The molecule has 0 saturated carbocycles. The van der Waals surface area contributed by atoms with Crippen molar-refractivity contribution < 1.29 is 24.6 Å². The SMILES string of the molecule is [2H]c1c([2H])c2c(c([2H])c1C[C@@]([2H])(C)NC([2H])([2H])C([2H])([2H])[2H])OC([2H])([2H])O2. The minimum atomic E-state index is -3.05. The molecule has 1 aliphatic rings. The minimum Gasteiger partial charge on any atom is -0.454 e. The Morgan fingerprint density at radius 2 is 2.60 bits per heavy atom. The summed E-state index contributed by atoms with van der Waals surface area (Å²) < 4.78 is 93.3. The van der Waals surface area contributed by atoms with Crippen LogP contribution in [0.2, 0.25) is 0 Å². The van der Waals surface area contributed by atoms with Gasteiger partial charge in [-0.3, -0.25) is 0 Å². The highest BCUT2D eigenvalue weighted by Crippen LogP contribution is 2.32. The van der Waals surface area contributed by atoms with Crippen LogP contribution in [-0.2, 0) is 6.42 Å². The fourth-order valence-electron chi connectivity index (χ4n) is 1.17. The van der Waals surface area contributed by atoms with Gasteiger partial charge in [0.25, 0.3) is 0 Å². The second-order valence-corrected chi connectivity index (χ2v) is 3.01. The predicted molar refractivity (Wildman–Crippen MR) is 59.4 cm³/mol. The number of rotatable bonds is 4. The van der Waals surface area contributed by atoms with E-state index in [2.05, 4.69) is 0 Å². The molecule has 1 aliphatic heterocycles. The summed E-state index contributed by atoms with van der Waals surface area (Å²) in [5.41, 5.74) is -0.193. The van der Waals surface area contributed by atoms with Gasteiger partial charge in [-0.25, -0.2) is 0 Å². The van der Waals surface area contributed by atoms with Crippen molar-refractivity contribution in [3.63, 3.8) is 0 Å². The fraction of sp³-hybridized carbons (Fsp3) is 0.500. The maximum atomic E-state index is 8.16. The zero-order chi connectivity index (χ0) is 20.3. The van der Waals surface area contributed by atoms with Crippen LogP contribution in [0.15, 0.2) is 18.1 Å². The maximum absolute atomic E-state index is 8.16. The molecule has 0 bridgehead atoms. The number of hydrogen-bond donors (Lipinski definition) is 1. The van der Waals surface area contributed by atoms with Crippen LogP contribution >= 0.6 is 0 Å². The third-order valence-electron chi connectivity index (χ3n) is 1.80. The van der Waals surface area contributed by atoms with Gasteiger partial charge in [0.1, 0.15) is 2.74 Å². The quantitative estimate of drug-likeness (QED) is 0.838. The number of nitrogens with one attached hydrogen (secondary N) is 1. The average Bonchev–Trinajstić information content (AvgIpc) is 2.75. The Morgan fingerprint density at radius 3 is 3.47 bits per heavy atom. The van der Waals surface area contributed by atoms with Crippen LogP contribution in [0.25, 0.3) is 0 Å². The first kappa shape index (κ1) is 3.39. The fourth-order valence-corrected chi connectivity index (χ4v) is 1.17. The van der Waals surface area contributed by atoms with E-state index in [0.29, 0.717) is 0 Å². The van der Waals surface area contributed by atoms with Gasteiger partial charge in [-0.15, -0.1) is 0 Å². The molecule has 0 aliphatic carbocycles. The van der Waals surface area contributed by atoms with Gasteiger partial charge in [0.15, 0.2) is 11.5 Å². The molecule has 0 unspecified atom stereocenters. The topological polar surface area (TPSA) is 30.5 Å². The van der Waals surface area contributed by atoms with Crippen molar-refractivity contribution in [2.24, 2.45) is 0 Å². The smallest absolute Gasteiger partial charge is 0.231 e. The molecule has 0 fully saturated rings. The summed E-state index contributed by atoms with van der Waals surface area (Å²) in [6.07, 6.45) is -0.494. The van der Waals surface area contributed by atoms with Gasteiger partial charge in [0.05, 0.1) is 4.11 Å². The van der Waals surface area contributed by atoms with E-state index in [4.69, 9.17) is 24.6 Å². The molecule has 3 heteroatoms. The van der Waals surface area contributed by atoms with E-state index in [1.54, 1.807) is 0 Å². The molecule has 0 radical (unpaired) electrons. The van der Waals surface area contributed by atoms with Gasteiger partial charge in [0, 0.05) is 14.2 Å². The molecule has 1 heterocycles. The lowest BCUT2D eigenvalue weighted by Crippen LogP contribution is -2.27. The largest absolute Gasteiger partial charge is 0.454 e. The summed E-state index contributed by atoms with van der Waals surface area (Å²) in [7, 11) is 0. The van der Waals surface area contributed by atoms with Crippen molar-refractivity contribution in [1.82, 2.24) is 5.32 Å².